The lowest BCUT2D eigenvalue weighted by Gasteiger charge is -2.32. The van der Waals surface area contributed by atoms with Gasteiger partial charge in [-0.3, -0.25) is 0 Å². The van der Waals surface area contributed by atoms with Crippen LogP contribution < -0.4 is 23.0 Å². The largest absolute Gasteiger partial charge is 1.00 e. The lowest BCUT2D eigenvalue weighted by molar-refractivity contribution is -0.0000102. The Kier molecular flexibility index (Phi) is 8.77. The molecule has 1 heterocycles. The number of nitrogens with one attached hydrogen (secondary N) is 2. The minimum Gasteiger partial charge on any atom is -1.00 e. The zero-order valence-corrected chi connectivity index (χ0v) is 16.4. The van der Waals surface area contributed by atoms with Crippen molar-refractivity contribution < 1.29 is 26.0 Å². The van der Waals surface area contributed by atoms with Gasteiger partial charge >= 0.3 is 6.03 Å². The molecule has 1 saturated carbocycles. The maximum Gasteiger partial charge on any atom is 0.317 e. The second kappa shape index (κ2) is 10.8. The summed E-state index contributed by atoms with van der Waals surface area (Å²) in [6.45, 7) is 2.89. The van der Waals surface area contributed by atoms with Crippen molar-refractivity contribution in [2.45, 2.75) is 57.5 Å². The molecule has 2 fully saturated rings. The number of carbonyl (C=O) groups excluding carboxylic acids is 1. The number of piperidine rings is 1. The Hall–Kier alpha value is -1.40. The first-order valence-electron chi connectivity index (χ1n) is 9.82. The predicted molar refractivity (Wildman–Crippen MR) is 97.8 cm³/mol. The quantitative estimate of drug-likeness (QED) is 0.768. The van der Waals surface area contributed by atoms with Gasteiger partial charge in [-0.2, -0.15) is 0 Å². The van der Waals surface area contributed by atoms with E-state index in [4.69, 9.17) is 0 Å². The summed E-state index contributed by atoms with van der Waals surface area (Å²) >= 11 is 0. The second-order valence-corrected chi connectivity index (χ2v) is 7.61. The van der Waals surface area contributed by atoms with Crippen LogP contribution in [0.1, 0.15) is 50.5 Å². The molecule has 7 heteroatoms. The fourth-order valence-electron chi connectivity index (χ4n) is 3.97. The van der Waals surface area contributed by atoms with Crippen LogP contribution in [0.15, 0.2) is 18.2 Å². The molecular weight excluding hydrogens is 372 g/mol. The first-order valence-corrected chi connectivity index (χ1v) is 9.82. The van der Waals surface area contributed by atoms with Gasteiger partial charge in [-0.1, -0.05) is 25.3 Å². The predicted octanol–water partition coefficient (Wildman–Crippen LogP) is 0.813. The highest BCUT2D eigenvalue weighted by Gasteiger charge is 2.24. The van der Waals surface area contributed by atoms with Gasteiger partial charge in [0.2, 0.25) is 0 Å². The van der Waals surface area contributed by atoms with Crippen molar-refractivity contribution in [3.8, 4) is 0 Å². The molecule has 0 spiro atoms. The molecule has 27 heavy (non-hydrogen) atoms. The third-order valence-electron chi connectivity index (χ3n) is 5.51. The summed E-state index contributed by atoms with van der Waals surface area (Å²) in [7, 11) is 0. The number of nitrogens with zero attached hydrogens (tertiary/aromatic N) is 1. The molecule has 2 N–H and O–H groups in total. The fourth-order valence-corrected chi connectivity index (χ4v) is 3.97. The lowest BCUT2D eigenvalue weighted by atomic mass is 9.95. The van der Waals surface area contributed by atoms with Crippen LogP contribution in [-0.4, -0.2) is 36.6 Å². The minimum absolute atomic E-state index is 0. The van der Waals surface area contributed by atoms with Gasteiger partial charge in [-0.15, -0.1) is 0 Å². The summed E-state index contributed by atoms with van der Waals surface area (Å²) < 4.78 is 26.8. The Labute approximate surface area is 166 Å². The molecule has 1 aromatic carbocycles. The summed E-state index contributed by atoms with van der Waals surface area (Å²) in [5.41, 5.74) is 0.622. The molecule has 0 aromatic heterocycles. The van der Waals surface area contributed by atoms with E-state index in [9.17, 15) is 13.6 Å². The van der Waals surface area contributed by atoms with Crippen molar-refractivity contribution in [2.24, 2.45) is 5.92 Å². The third kappa shape index (κ3) is 6.61. The molecular formula is C20H29ClF2N3O-. The molecule has 0 radical (unpaired) electrons. The van der Waals surface area contributed by atoms with E-state index < -0.39 is 11.6 Å². The Morgan fingerprint density at radius 3 is 2.44 bits per heavy atom. The van der Waals surface area contributed by atoms with E-state index in [-0.39, 0.29) is 24.5 Å². The molecule has 2 amide bonds. The van der Waals surface area contributed by atoms with E-state index in [1.165, 1.54) is 12.5 Å². The van der Waals surface area contributed by atoms with Crippen molar-refractivity contribution in [3.63, 3.8) is 0 Å². The zero-order chi connectivity index (χ0) is 18.4. The average molecular weight is 401 g/mol. The van der Waals surface area contributed by atoms with Gasteiger partial charge in [0.1, 0.15) is 0 Å². The van der Waals surface area contributed by atoms with Crippen molar-refractivity contribution >= 4 is 6.03 Å². The molecule has 1 aliphatic heterocycles. The monoisotopic (exact) mass is 400 g/mol. The van der Waals surface area contributed by atoms with E-state index in [2.05, 4.69) is 10.6 Å². The number of rotatable bonds is 5. The summed E-state index contributed by atoms with van der Waals surface area (Å²) in [5, 5.41) is 6.49. The maximum absolute atomic E-state index is 13.6. The van der Waals surface area contributed by atoms with Crippen LogP contribution in [0.2, 0.25) is 0 Å². The Morgan fingerprint density at radius 1 is 1.07 bits per heavy atom. The molecule has 1 aliphatic carbocycles. The number of urea groups is 1. The zero-order valence-electron chi connectivity index (χ0n) is 15.7. The molecule has 0 bridgehead atoms. The van der Waals surface area contributed by atoms with Gasteiger partial charge in [0.05, 0.1) is 0 Å². The molecule has 1 saturated heterocycles. The van der Waals surface area contributed by atoms with E-state index in [0.717, 1.165) is 57.7 Å². The van der Waals surface area contributed by atoms with Gasteiger partial charge < -0.3 is 27.9 Å². The van der Waals surface area contributed by atoms with Gasteiger partial charge in [-0.05, 0) is 62.4 Å². The number of halogens is 3. The Balaban J connectivity index is 0.00000261. The second-order valence-electron chi connectivity index (χ2n) is 7.61. The van der Waals surface area contributed by atoms with E-state index in [1.807, 2.05) is 0 Å². The first kappa shape index (κ1) is 21.9. The molecule has 0 atom stereocenters. The number of carbonyl (C=O) groups is 1. The van der Waals surface area contributed by atoms with Crippen LogP contribution in [0, 0.1) is 17.6 Å². The molecule has 3 rings (SSSR count). The molecule has 0 unspecified atom stereocenters. The minimum atomic E-state index is -0.864. The number of hydrogen-bond acceptors (Lipinski definition) is 2. The van der Waals surface area contributed by atoms with Gasteiger partial charge in [-0.25, -0.2) is 13.6 Å². The molecule has 2 aliphatic rings. The highest BCUT2D eigenvalue weighted by Crippen LogP contribution is 2.20. The SMILES string of the molecule is O=C(NC1CCCCC1)N(Cc1ccc(F)c(F)c1)CC1CCNCC1.[Cl-]. The van der Waals surface area contributed by atoms with Crippen LogP contribution in [0.3, 0.4) is 0 Å². The average Bonchev–Trinajstić information content (AvgIpc) is 2.66. The number of amides is 2. The van der Waals surface area contributed by atoms with Crippen LogP contribution in [0.25, 0.3) is 0 Å². The number of benzene rings is 1. The standard InChI is InChI=1S/C20H29F2N3O.ClH/c21-18-7-6-16(12-19(18)22)14-25(13-15-8-10-23-11-9-15)20(26)24-17-4-2-1-3-5-17;/h6-7,12,15,17,23H,1-5,8-11,13-14H2,(H,24,26);1H/p-1. The highest BCUT2D eigenvalue weighted by atomic mass is 35.5. The third-order valence-corrected chi connectivity index (χ3v) is 5.51. The number of hydrogen-bond donors (Lipinski definition) is 2. The van der Waals surface area contributed by atoms with Crippen LogP contribution >= 0.6 is 0 Å². The van der Waals surface area contributed by atoms with Crippen LogP contribution in [0.5, 0.6) is 0 Å². The van der Waals surface area contributed by atoms with Gasteiger partial charge in [0.25, 0.3) is 0 Å². The normalized spacial score (nSPS) is 18.6. The van der Waals surface area contributed by atoms with Crippen molar-refractivity contribution in [1.82, 2.24) is 15.5 Å². The van der Waals surface area contributed by atoms with Crippen molar-refractivity contribution in [1.29, 1.82) is 0 Å². The van der Waals surface area contributed by atoms with Crippen molar-refractivity contribution in [2.75, 3.05) is 19.6 Å². The summed E-state index contributed by atoms with van der Waals surface area (Å²) in [5.74, 6) is -1.28. The van der Waals surface area contributed by atoms with Crippen molar-refractivity contribution in [3.05, 3.63) is 35.4 Å². The van der Waals surface area contributed by atoms with E-state index in [1.54, 1.807) is 11.0 Å². The smallest absolute Gasteiger partial charge is 0.317 e. The summed E-state index contributed by atoms with van der Waals surface area (Å²) in [4.78, 5) is 14.6. The Morgan fingerprint density at radius 2 is 1.78 bits per heavy atom. The fraction of sp³-hybridized carbons (Fsp3) is 0.650. The first-order chi connectivity index (χ1) is 12.6. The van der Waals surface area contributed by atoms with Crippen LogP contribution in [0.4, 0.5) is 13.6 Å². The molecule has 152 valence electrons. The maximum atomic E-state index is 13.6. The van der Waals surface area contributed by atoms with Gasteiger partial charge in [0.15, 0.2) is 11.6 Å². The Bertz CT molecular complexity index is 605. The molecule has 4 nitrogen and oxygen atoms in total. The molecule has 1 aromatic rings. The highest BCUT2D eigenvalue weighted by molar-refractivity contribution is 5.74. The van der Waals surface area contributed by atoms with E-state index in [0.29, 0.717) is 24.6 Å². The lowest BCUT2D eigenvalue weighted by Crippen LogP contribution is -3.00. The van der Waals surface area contributed by atoms with Gasteiger partial charge in [0, 0.05) is 19.1 Å². The van der Waals surface area contributed by atoms with E-state index >= 15 is 0 Å². The topological polar surface area (TPSA) is 44.4 Å². The summed E-state index contributed by atoms with van der Waals surface area (Å²) in [6.07, 6.45) is 7.66. The summed E-state index contributed by atoms with van der Waals surface area (Å²) in [6, 6.07) is 4.03. The van der Waals surface area contributed by atoms with Crippen LogP contribution in [-0.2, 0) is 6.54 Å².